The Hall–Kier alpha value is -3.12. The number of rotatable bonds is 6. The SMILES string of the molecule is CCOCc1ccc(C(=O)N2CCC[C@@H]2c2nc(C)ncc2-c2ccncc2C)cc1. The summed E-state index contributed by atoms with van der Waals surface area (Å²) >= 11 is 0. The molecule has 2 aromatic heterocycles. The predicted molar refractivity (Wildman–Crippen MR) is 120 cm³/mol. The molecular weight excluding hydrogens is 388 g/mol. The van der Waals surface area contributed by atoms with Gasteiger partial charge >= 0.3 is 0 Å². The topological polar surface area (TPSA) is 68.2 Å². The van der Waals surface area contributed by atoms with E-state index in [9.17, 15) is 4.79 Å². The van der Waals surface area contributed by atoms with Gasteiger partial charge in [-0.2, -0.15) is 0 Å². The van der Waals surface area contributed by atoms with Crippen molar-refractivity contribution in [2.75, 3.05) is 13.2 Å². The van der Waals surface area contributed by atoms with Crippen LogP contribution in [0.2, 0.25) is 0 Å². The number of aryl methyl sites for hydroxylation is 2. The number of ether oxygens (including phenoxy) is 1. The van der Waals surface area contributed by atoms with Crippen LogP contribution in [0.3, 0.4) is 0 Å². The Morgan fingerprint density at radius 2 is 1.94 bits per heavy atom. The fourth-order valence-corrected chi connectivity index (χ4v) is 4.15. The van der Waals surface area contributed by atoms with Gasteiger partial charge in [0.05, 0.1) is 18.3 Å². The number of hydrogen-bond donors (Lipinski definition) is 0. The molecule has 0 radical (unpaired) electrons. The largest absolute Gasteiger partial charge is 0.377 e. The van der Waals surface area contributed by atoms with Crippen LogP contribution in [0.5, 0.6) is 0 Å². The highest BCUT2D eigenvalue weighted by Gasteiger charge is 2.33. The number of hydrogen-bond acceptors (Lipinski definition) is 5. The Balaban J connectivity index is 1.65. The maximum absolute atomic E-state index is 13.4. The Labute approximate surface area is 183 Å². The second kappa shape index (κ2) is 9.35. The van der Waals surface area contributed by atoms with E-state index in [1.807, 2.05) is 68.4 Å². The summed E-state index contributed by atoms with van der Waals surface area (Å²) in [4.78, 5) is 28.8. The van der Waals surface area contributed by atoms with Crippen LogP contribution in [0.4, 0.5) is 0 Å². The minimum absolute atomic E-state index is 0.0409. The fraction of sp³-hybridized carbons (Fsp3) is 0.360. The Kier molecular flexibility index (Phi) is 6.37. The summed E-state index contributed by atoms with van der Waals surface area (Å²) in [6.07, 6.45) is 7.36. The van der Waals surface area contributed by atoms with Crippen molar-refractivity contribution in [1.82, 2.24) is 19.9 Å². The molecule has 1 amide bonds. The van der Waals surface area contributed by atoms with Crippen LogP contribution < -0.4 is 0 Å². The van der Waals surface area contributed by atoms with Crippen molar-refractivity contribution >= 4 is 5.91 Å². The number of amides is 1. The van der Waals surface area contributed by atoms with Gasteiger partial charge in [0.15, 0.2) is 0 Å². The van der Waals surface area contributed by atoms with E-state index in [0.717, 1.165) is 47.3 Å². The minimum atomic E-state index is -0.0696. The van der Waals surface area contributed by atoms with Gasteiger partial charge in [0, 0.05) is 42.9 Å². The summed E-state index contributed by atoms with van der Waals surface area (Å²) in [5.41, 5.74) is 5.78. The maximum Gasteiger partial charge on any atom is 0.254 e. The average molecular weight is 417 g/mol. The number of carbonyl (C=O) groups is 1. The zero-order valence-corrected chi connectivity index (χ0v) is 18.3. The summed E-state index contributed by atoms with van der Waals surface area (Å²) in [6, 6.07) is 9.64. The number of carbonyl (C=O) groups excluding carboxylic acids is 1. The highest BCUT2D eigenvalue weighted by Crippen LogP contribution is 2.38. The van der Waals surface area contributed by atoms with E-state index >= 15 is 0 Å². The molecule has 1 saturated heterocycles. The van der Waals surface area contributed by atoms with E-state index in [0.29, 0.717) is 24.6 Å². The Bertz CT molecular complexity index is 1070. The molecule has 4 rings (SSSR count). The molecule has 0 spiro atoms. The van der Waals surface area contributed by atoms with Gasteiger partial charge in [-0.05, 0) is 68.5 Å². The third kappa shape index (κ3) is 4.49. The van der Waals surface area contributed by atoms with Crippen molar-refractivity contribution in [3.8, 4) is 11.1 Å². The van der Waals surface area contributed by atoms with E-state index in [1.165, 1.54) is 0 Å². The van der Waals surface area contributed by atoms with Crippen molar-refractivity contribution in [1.29, 1.82) is 0 Å². The summed E-state index contributed by atoms with van der Waals surface area (Å²) in [7, 11) is 0. The van der Waals surface area contributed by atoms with E-state index in [1.54, 1.807) is 6.20 Å². The first-order valence-electron chi connectivity index (χ1n) is 10.8. The van der Waals surface area contributed by atoms with Crippen LogP contribution in [-0.2, 0) is 11.3 Å². The van der Waals surface area contributed by atoms with Crippen molar-refractivity contribution in [2.24, 2.45) is 0 Å². The first kappa shape index (κ1) is 21.1. The summed E-state index contributed by atoms with van der Waals surface area (Å²) in [6.45, 7) is 7.86. The van der Waals surface area contributed by atoms with Gasteiger partial charge in [-0.1, -0.05) is 12.1 Å². The van der Waals surface area contributed by atoms with Crippen LogP contribution in [-0.4, -0.2) is 38.9 Å². The van der Waals surface area contributed by atoms with Gasteiger partial charge in [0.1, 0.15) is 5.82 Å². The third-order valence-electron chi connectivity index (χ3n) is 5.75. The standard InChI is InChI=1S/C25H28N4O2/c1-4-31-16-19-7-9-20(10-8-19)25(30)29-13-5-6-23(29)24-22(15-27-18(3)28-24)21-11-12-26-14-17(21)2/h7-12,14-15,23H,4-6,13,16H2,1-3H3/t23-/m1/s1. The monoisotopic (exact) mass is 416 g/mol. The predicted octanol–water partition coefficient (Wildman–Crippen LogP) is 4.67. The lowest BCUT2D eigenvalue weighted by molar-refractivity contribution is 0.0733. The summed E-state index contributed by atoms with van der Waals surface area (Å²) in [5, 5.41) is 0. The first-order chi connectivity index (χ1) is 15.1. The molecule has 1 fully saturated rings. The van der Waals surface area contributed by atoms with Crippen LogP contribution in [0.1, 0.15) is 58.8 Å². The molecule has 1 aliphatic heterocycles. The highest BCUT2D eigenvalue weighted by atomic mass is 16.5. The second-order valence-corrected chi connectivity index (χ2v) is 7.90. The summed E-state index contributed by atoms with van der Waals surface area (Å²) < 4.78 is 5.46. The number of nitrogens with zero attached hydrogens (tertiary/aromatic N) is 4. The van der Waals surface area contributed by atoms with Crippen molar-refractivity contribution < 1.29 is 9.53 Å². The Morgan fingerprint density at radius 1 is 1.13 bits per heavy atom. The lowest BCUT2D eigenvalue weighted by Gasteiger charge is -2.26. The quantitative estimate of drug-likeness (QED) is 0.584. The van der Waals surface area contributed by atoms with Crippen LogP contribution in [0.25, 0.3) is 11.1 Å². The maximum atomic E-state index is 13.4. The van der Waals surface area contributed by atoms with Gasteiger partial charge < -0.3 is 9.64 Å². The molecule has 1 atom stereocenters. The van der Waals surface area contributed by atoms with Crippen LogP contribution in [0.15, 0.2) is 48.9 Å². The zero-order valence-electron chi connectivity index (χ0n) is 18.3. The van der Waals surface area contributed by atoms with Gasteiger partial charge in [-0.15, -0.1) is 0 Å². The molecule has 6 nitrogen and oxygen atoms in total. The van der Waals surface area contributed by atoms with Crippen molar-refractivity contribution in [2.45, 2.75) is 46.3 Å². The molecule has 0 unspecified atom stereocenters. The van der Waals surface area contributed by atoms with Crippen LogP contribution in [0, 0.1) is 13.8 Å². The molecule has 0 N–H and O–H groups in total. The van der Waals surface area contributed by atoms with Gasteiger partial charge in [0.25, 0.3) is 5.91 Å². The molecule has 31 heavy (non-hydrogen) atoms. The molecule has 1 aromatic carbocycles. The highest BCUT2D eigenvalue weighted by molar-refractivity contribution is 5.94. The number of pyridine rings is 1. The number of likely N-dealkylation sites (tertiary alicyclic amines) is 1. The van der Waals surface area contributed by atoms with Crippen LogP contribution >= 0.6 is 0 Å². The van der Waals surface area contributed by atoms with Crippen molar-refractivity contribution in [3.05, 3.63) is 77.1 Å². The smallest absolute Gasteiger partial charge is 0.254 e. The van der Waals surface area contributed by atoms with E-state index < -0.39 is 0 Å². The van der Waals surface area contributed by atoms with Gasteiger partial charge in [-0.3, -0.25) is 9.78 Å². The molecular formula is C25H28N4O2. The minimum Gasteiger partial charge on any atom is -0.377 e. The molecule has 0 bridgehead atoms. The van der Waals surface area contributed by atoms with Gasteiger partial charge in [0.2, 0.25) is 0 Å². The third-order valence-corrected chi connectivity index (χ3v) is 5.75. The first-order valence-corrected chi connectivity index (χ1v) is 10.8. The molecule has 1 aliphatic rings. The van der Waals surface area contributed by atoms with E-state index in [4.69, 9.17) is 9.72 Å². The molecule has 160 valence electrons. The fourth-order valence-electron chi connectivity index (χ4n) is 4.15. The zero-order chi connectivity index (χ0) is 21.8. The average Bonchev–Trinajstić information content (AvgIpc) is 3.28. The van der Waals surface area contributed by atoms with E-state index in [2.05, 4.69) is 9.97 Å². The number of aromatic nitrogens is 3. The molecule has 0 saturated carbocycles. The molecule has 0 aliphatic carbocycles. The summed E-state index contributed by atoms with van der Waals surface area (Å²) in [5.74, 6) is 0.754. The lowest BCUT2D eigenvalue weighted by Crippen LogP contribution is -2.31. The van der Waals surface area contributed by atoms with E-state index in [-0.39, 0.29) is 11.9 Å². The normalized spacial score (nSPS) is 16.0. The van der Waals surface area contributed by atoms with Crippen molar-refractivity contribution in [3.63, 3.8) is 0 Å². The molecule has 6 heteroatoms. The number of benzene rings is 1. The molecule has 3 heterocycles. The lowest BCUT2D eigenvalue weighted by atomic mass is 9.97. The van der Waals surface area contributed by atoms with Gasteiger partial charge in [-0.25, -0.2) is 9.97 Å². The Morgan fingerprint density at radius 3 is 2.68 bits per heavy atom. The second-order valence-electron chi connectivity index (χ2n) is 7.90. The molecule has 3 aromatic rings.